The van der Waals surface area contributed by atoms with E-state index in [4.69, 9.17) is 4.74 Å². The summed E-state index contributed by atoms with van der Waals surface area (Å²) in [6, 6.07) is 12.0. The summed E-state index contributed by atoms with van der Waals surface area (Å²) in [7, 11) is 0. The van der Waals surface area contributed by atoms with E-state index in [2.05, 4.69) is 15.6 Å². The van der Waals surface area contributed by atoms with Crippen LogP contribution < -0.4 is 10.6 Å². The van der Waals surface area contributed by atoms with E-state index in [1.165, 1.54) is 12.3 Å². The van der Waals surface area contributed by atoms with Gasteiger partial charge in [0.1, 0.15) is 11.3 Å². The van der Waals surface area contributed by atoms with Crippen molar-refractivity contribution in [2.24, 2.45) is 0 Å². The number of hydrogen-bond donors (Lipinski definition) is 2. The normalized spacial score (nSPS) is 13.0. The van der Waals surface area contributed by atoms with Crippen molar-refractivity contribution in [1.82, 2.24) is 15.6 Å². The highest BCUT2D eigenvalue weighted by Gasteiger charge is 2.31. The zero-order valence-corrected chi connectivity index (χ0v) is 17.4. The van der Waals surface area contributed by atoms with E-state index in [9.17, 15) is 18.0 Å². The number of carbonyl (C=O) groups is 1. The van der Waals surface area contributed by atoms with Crippen molar-refractivity contribution < 1.29 is 22.7 Å². The Kier molecular flexibility index (Phi) is 8.23. The van der Waals surface area contributed by atoms with Crippen LogP contribution in [0.3, 0.4) is 0 Å². The van der Waals surface area contributed by atoms with Gasteiger partial charge >= 0.3 is 12.3 Å². The molecule has 2 rings (SSSR count). The van der Waals surface area contributed by atoms with Crippen molar-refractivity contribution in [3.8, 4) is 0 Å². The molecule has 0 aliphatic rings. The fourth-order valence-corrected chi connectivity index (χ4v) is 2.80. The highest BCUT2D eigenvalue weighted by Crippen LogP contribution is 2.27. The van der Waals surface area contributed by atoms with Crippen LogP contribution in [0.15, 0.2) is 48.7 Å². The smallest absolute Gasteiger partial charge is 0.433 e. The van der Waals surface area contributed by atoms with E-state index in [0.29, 0.717) is 31.5 Å². The van der Waals surface area contributed by atoms with Gasteiger partial charge in [-0.15, -0.1) is 0 Å². The fourth-order valence-electron chi connectivity index (χ4n) is 2.80. The predicted octanol–water partition coefficient (Wildman–Crippen LogP) is 4.72. The first kappa shape index (κ1) is 23.7. The molecule has 0 bridgehead atoms. The third-order valence-electron chi connectivity index (χ3n) is 4.16. The molecule has 0 aliphatic carbocycles. The highest BCUT2D eigenvalue weighted by atomic mass is 19.4. The maximum absolute atomic E-state index is 12.6. The van der Waals surface area contributed by atoms with Crippen molar-refractivity contribution in [3.63, 3.8) is 0 Å². The number of nitrogens with zero attached hydrogens (tertiary/aromatic N) is 1. The fraction of sp³-hybridized carbons (Fsp3) is 0.455. The summed E-state index contributed by atoms with van der Waals surface area (Å²) < 4.78 is 43.1. The van der Waals surface area contributed by atoms with E-state index in [0.717, 1.165) is 11.6 Å². The van der Waals surface area contributed by atoms with Gasteiger partial charge in [0.15, 0.2) is 0 Å². The van der Waals surface area contributed by atoms with E-state index in [1.807, 2.05) is 30.3 Å². The minimum Gasteiger partial charge on any atom is -0.444 e. The van der Waals surface area contributed by atoms with Crippen LogP contribution in [0.4, 0.5) is 18.0 Å². The van der Waals surface area contributed by atoms with Gasteiger partial charge in [-0.1, -0.05) is 36.4 Å². The van der Waals surface area contributed by atoms with E-state index in [-0.39, 0.29) is 6.04 Å². The molecule has 1 heterocycles. The number of hydrogen-bond acceptors (Lipinski definition) is 4. The van der Waals surface area contributed by atoms with Crippen LogP contribution in [0.2, 0.25) is 0 Å². The largest absolute Gasteiger partial charge is 0.444 e. The van der Waals surface area contributed by atoms with Gasteiger partial charge in [-0.3, -0.25) is 4.98 Å². The van der Waals surface area contributed by atoms with Crippen LogP contribution in [0.5, 0.6) is 0 Å². The van der Waals surface area contributed by atoms with Gasteiger partial charge in [0.05, 0.1) is 0 Å². The number of benzene rings is 1. The average molecular weight is 423 g/mol. The third kappa shape index (κ3) is 8.82. The van der Waals surface area contributed by atoms with Crippen molar-refractivity contribution in [2.75, 3.05) is 6.54 Å². The quantitative estimate of drug-likeness (QED) is 0.604. The summed E-state index contributed by atoms with van der Waals surface area (Å²) in [5, 5.41) is 6.09. The molecule has 2 N–H and O–H groups in total. The number of alkyl halides is 3. The van der Waals surface area contributed by atoms with Crippen molar-refractivity contribution >= 4 is 6.09 Å². The van der Waals surface area contributed by atoms with Crippen LogP contribution in [0, 0.1) is 0 Å². The first-order chi connectivity index (χ1) is 14.0. The maximum atomic E-state index is 12.6. The molecule has 2 aromatic rings. The molecular weight excluding hydrogens is 395 g/mol. The lowest BCUT2D eigenvalue weighted by Gasteiger charge is -2.24. The number of alkyl carbamates (subject to hydrolysis) is 1. The number of nitrogens with one attached hydrogen (secondary N) is 2. The Hall–Kier alpha value is -2.61. The maximum Gasteiger partial charge on any atom is 0.433 e. The lowest BCUT2D eigenvalue weighted by atomic mass is 10.0. The summed E-state index contributed by atoms with van der Waals surface area (Å²) in [5.41, 5.74) is 0.249. The molecular formula is C22H28F3N3O2. The lowest BCUT2D eigenvalue weighted by Crippen LogP contribution is -2.41. The molecule has 30 heavy (non-hydrogen) atoms. The van der Waals surface area contributed by atoms with Crippen LogP contribution in [0.25, 0.3) is 0 Å². The summed E-state index contributed by atoms with van der Waals surface area (Å²) in [6.07, 6.45) is -2.43. The number of rotatable bonds is 8. The van der Waals surface area contributed by atoms with Crippen molar-refractivity contribution in [1.29, 1.82) is 0 Å². The summed E-state index contributed by atoms with van der Waals surface area (Å²) >= 11 is 0. The lowest BCUT2D eigenvalue weighted by molar-refractivity contribution is -0.141. The van der Waals surface area contributed by atoms with Gasteiger partial charge in [0.2, 0.25) is 0 Å². The summed E-state index contributed by atoms with van der Waals surface area (Å²) in [6.45, 7) is 6.36. The molecule has 164 valence electrons. The molecule has 0 saturated heterocycles. The second-order valence-electron chi connectivity index (χ2n) is 8.05. The highest BCUT2D eigenvalue weighted by molar-refractivity contribution is 5.68. The summed E-state index contributed by atoms with van der Waals surface area (Å²) in [5.74, 6) is 0. The molecule has 1 atom stereocenters. The molecule has 1 amide bonds. The average Bonchev–Trinajstić information content (AvgIpc) is 2.64. The molecule has 0 radical (unpaired) electrons. The number of carbonyl (C=O) groups excluding carboxylic acids is 1. The van der Waals surface area contributed by atoms with Gasteiger partial charge in [0.25, 0.3) is 0 Å². The molecule has 5 nitrogen and oxygen atoms in total. The number of halogens is 3. The molecule has 0 spiro atoms. The van der Waals surface area contributed by atoms with Crippen molar-refractivity contribution in [3.05, 3.63) is 65.5 Å². The molecule has 0 unspecified atom stereocenters. The molecule has 1 aromatic heterocycles. The molecule has 0 aliphatic heterocycles. The summed E-state index contributed by atoms with van der Waals surface area (Å²) in [4.78, 5) is 15.6. The van der Waals surface area contributed by atoms with Crippen LogP contribution in [-0.4, -0.2) is 29.3 Å². The first-order valence-corrected chi connectivity index (χ1v) is 9.79. The Bertz CT molecular complexity index is 788. The molecule has 0 fully saturated rings. The Morgan fingerprint density at radius 3 is 2.33 bits per heavy atom. The third-order valence-corrected chi connectivity index (χ3v) is 4.16. The monoisotopic (exact) mass is 423 g/mol. The first-order valence-electron chi connectivity index (χ1n) is 9.79. The van der Waals surface area contributed by atoms with Gasteiger partial charge in [-0.05, 0) is 57.4 Å². The Balaban J connectivity index is 1.87. The van der Waals surface area contributed by atoms with Crippen LogP contribution >= 0.6 is 0 Å². The van der Waals surface area contributed by atoms with Crippen LogP contribution in [-0.2, 0) is 23.9 Å². The van der Waals surface area contributed by atoms with E-state index >= 15 is 0 Å². The van der Waals surface area contributed by atoms with Gasteiger partial charge < -0.3 is 15.4 Å². The number of aromatic nitrogens is 1. The second kappa shape index (κ2) is 10.4. The molecule has 0 saturated carbocycles. The standard InChI is InChI=1S/C22H28F3N3O2/c1-21(2,3)30-20(29)28-18(13-16-7-5-4-6-8-16)11-12-26-14-17-9-10-19(27-15-17)22(23,24)25/h4-10,15,18,26H,11-14H2,1-3H3,(H,28,29)/t18-/m1/s1. The van der Waals surface area contributed by atoms with Gasteiger partial charge in [-0.2, -0.15) is 13.2 Å². The van der Waals surface area contributed by atoms with E-state index < -0.39 is 23.6 Å². The second-order valence-corrected chi connectivity index (χ2v) is 8.05. The predicted molar refractivity (Wildman–Crippen MR) is 109 cm³/mol. The SMILES string of the molecule is CC(C)(C)OC(=O)N[C@H](CCNCc1ccc(C(F)(F)F)nc1)Cc1ccccc1. The van der Waals surface area contributed by atoms with Crippen molar-refractivity contribution in [2.45, 2.75) is 58.0 Å². The van der Waals surface area contributed by atoms with Gasteiger partial charge in [0, 0.05) is 18.8 Å². The zero-order valence-electron chi connectivity index (χ0n) is 17.4. The molecule has 1 aromatic carbocycles. The number of amides is 1. The number of pyridine rings is 1. The van der Waals surface area contributed by atoms with E-state index in [1.54, 1.807) is 20.8 Å². The topological polar surface area (TPSA) is 63.2 Å². The Labute approximate surface area is 175 Å². The molecule has 8 heteroatoms. The Morgan fingerprint density at radius 1 is 1.07 bits per heavy atom. The zero-order chi connectivity index (χ0) is 22.2. The number of ether oxygens (including phenoxy) is 1. The van der Waals surface area contributed by atoms with Gasteiger partial charge in [-0.25, -0.2) is 4.79 Å². The van der Waals surface area contributed by atoms with Crippen LogP contribution in [0.1, 0.15) is 44.0 Å². The minimum absolute atomic E-state index is 0.152. The minimum atomic E-state index is -4.44. The Morgan fingerprint density at radius 2 is 1.77 bits per heavy atom.